The maximum absolute atomic E-state index is 13.1. The Morgan fingerprint density at radius 3 is 1.38 bits per heavy atom. The van der Waals surface area contributed by atoms with Gasteiger partial charge < -0.3 is 20.3 Å². The number of amides is 1. The van der Waals surface area contributed by atoms with E-state index in [0.717, 1.165) is 64.2 Å². The maximum Gasteiger partial charge on any atom is 0.306 e. The molecule has 0 fully saturated rings. The van der Waals surface area contributed by atoms with Crippen LogP contribution in [0.4, 0.5) is 0 Å². The van der Waals surface area contributed by atoms with E-state index in [1.807, 2.05) is 0 Å². The lowest BCUT2D eigenvalue weighted by Crippen LogP contribution is -2.46. The zero-order valence-electron chi connectivity index (χ0n) is 35.7. The molecule has 0 aromatic rings. The van der Waals surface area contributed by atoms with Crippen molar-refractivity contribution >= 4 is 11.9 Å². The number of nitrogens with one attached hydrogen (secondary N) is 1. The lowest BCUT2D eigenvalue weighted by atomic mass is 10.0. The fourth-order valence-electron chi connectivity index (χ4n) is 7.25. The average Bonchev–Trinajstić information content (AvgIpc) is 3.15. The van der Waals surface area contributed by atoms with Crippen molar-refractivity contribution in [2.45, 2.75) is 270 Å². The zero-order chi connectivity index (χ0) is 38.9. The molecule has 0 aliphatic carbocycles. The van der Waals surface area contributed by atoms with Crippen molar-refractivity contribution in [1.29, 1.82) is 0 Å². The standard InChI is InChI=1S/C47H91NO5/c1-4-7-10-13-16-19-22-23-25-27-30-33-36-39-45(50)44(42-49)48-46(51)41-43(38-35-32-29-26-21-18-15-12-9-6-3)53-47(52)40-37-34-31-28-24-20-17-14-11-8-5-2/h18,21,43-45,49-50H,4-17,19-20,22-42H2,1-3H3,(H,48,51)/b21-18-. The van der Waals surface area contributed by atoms with Crippen LogP contribution in [-0.2, 0) is 14.3 Å². The van der Waals surface area contributed by atoms with E-state index in [2.05, 4.69) is 38.2 Å². The molecule has 0 spiro atoms. The smallest absolute Gasteiger partial charge is 0.306 e. The van der Waals surface area contributed by atoms with Crippen LogP contribution in [0.25, 0.3) is 0 Å². The molecule has 0 saturated carbocycles. The van der Waals surface area contributed by atoms with Gasteiger partial charge in [0.15, 0.2) is 0 Å². The van der Waals surface area contributed by atoms with Crippen LogP contribution in [0.1, 0.15) is 252 Å². The second-order valence-corrected chi connectivity index (χ2v) is 16.2. The minimum absolute atomic E-state index is 0.0727. The van der Waals surface area contributed by atoms with E-state index < -0.39 is 18.2 Å². The third-order valence-corrected chi connectivity index (χ3v) is 10.8. The molecule has 314 valence electrons. The number of allylic oxidation sites excluding steroid dienone is 2. The van der Waals surface area contributed by atoms with E-state index >= 15 is 0 Å². The molecule has 6 nitrogen and oxygen atoms in total. The van der Waals surface area contributed by atoms with Gasteiger partial charge in [-0.3, -0.25) is 9.59 Å². The summed E-state index contributed by atoms with van der Waals surface area (Å²) in [6.45, 7) is 6.44. The number of carbonyl (C=O) groups is 2. The Labute approximate surface area is 329 Å². The summed E-state index contributed by atoms with van der Waals surface area (Å²) in [5, 5.41) is 23.6. The van der Waals surface area contributed by atoms with Gasteiger partial charge in [0.2, 0.25) is 5.91 Å². The molecule has 0 rings (SSSR count). The fourth-order valence-corrected chi connectivity index (χ4v) is 7.25. The van der Waals surface area contributed by atoms with Crippen molar-refractivity contribution in [2.75, 3.05) is 6.61 Å². The summed E-state index contributed by atoms with van der Waals surface area (Å²) in [5.41, 5.74) is 0. The van der Waals surface area contributed by atoms with Crippen LogP contribution < -0.4 is 5.32 Å². The van der Waals surface area contributed by atoms with Crippen molar-refractivity contribution in [2.24, 2.45) is 0 Å². The summed E-state index contributed by atoms with van der Waals surface area (Å²) in [6.07, 6.45) is 44.1. The van der Waals surface area contributed by atoms with Crippen molar-refractivity contribution in [3.05, 3.63) is 12.2 Å². The summed E-state index contributed by atoms with van der Waals surface area (Å²) < 4.78 is 5.89. The van der Waals surface area contributed by atoms with Crippen LogP contribution >= 0.6 is 0 Å². The zero-order valence-corrected chi connectivity index (χ0v) is 35.7. The highest BCUT2D eigenvalue weighted by molar-refractivity contribution is 5.77. The summed E-state index contributed by atoms with van der Waals surface area (Å²) in [5.74, 6) is -0.481. The summed E-state index contributed by atoms with van der Waals surface area (Å²) >= 11 is 0. The first kappa shape index (κ1) is 51.6. The quantitative estimate of drug-likeness (QED) is 0.0328. The van der Waals surface area contributed by atoms with E-state index in [9.17, 15) is 19.8 Å². The molecule has 0 radical (unpaired) electrons. The van der Waals surface area contributed by atoms with Gasteiger partial charge in [0.25, 0.3) is 0 Å². The van der Waals surface area contributed by atoms with Gasteiger partial charge in [-0.1, -0.05) is 200 Å². The Morgan fingerprint density at radius 1 is 0.528 bits per heavy atom. The molecular weight excluding hydrogens is 659 g/mol. The van der Waals surface area contributed by atoms with Gasteiger partial charge >= 0.3 is 5.97 Å². The Hall–Kier alpha value is -1.40. The average molecular weight is 750 g/mol. The van der Waals surface area contributed by atoms with E-state index in [-0.39, 0.29) is 24.9 Å². The first-order chi connectivity index (χ1) is 26.0. The molecule has 0 aliphatic rings. The Bertz CT molecular complexity index is 802. The van der Waals surface area contributed by atoms with E-state index in [1.54, 1.807) is 0 Å². The first-order valence-corrected chi connectivity index (χ1v) is 23.4. The minimum Gasteiger partial charge on any atom is -0.462 e. The molecule has 1 amide bonds. The van der Waals surface area contributed by atoms with Crippen LogP contribution in [-0.4, -0.2) is 46.9 Å². The third-order valence-electron chi connectivity index (χ3n) is 10.8. The number of ether oxygens (including phenoxy) is 1. The molecule has 0 bridgehead atoms. The van der Waals surface area contributed by atoms with Crippen LogP contribution in [0.15, 0.2) is 12.2 Å². The molecule has 0 aromatic heterocycles. The van der Waals surface area contributed by atoms with Gasteiger partial charge in [0, 0.05) is 6.42 Å². The molecule has 0 aliphatic heterocycles. The highest BCUT2D eigenvalue weighted by Crippen LogP contribution is 2.17. The predicted octanol–water partition coefficient (Wildman–Crippen LogP) is 13.4. The molecule has 3 atom stereocenters. The Morgan fingerprint density at radius 2 is 0.906 bits per heavy atom. The predicted molar refractivity (Wildman–Crippen MR) is 227 cm³/mol. The number of carbonyl (C=O) groups excluding carboxylic acids is 2. The highest BCUT2D eigenvalue weighted by atomic mass is 16.5. The molecule has 3 unspecified atom stereocenters. The number of unbranched alkanes of at least 4 members (excludes halogenated alkanes) is 28. The largest absolute Gasteiger partial charge is 0.462 e. The van der Waals surface area contributed by atoms with Gasteiger partial charge in [-0.25, -0.2) is 0 Å². The molecule has 3 N–H and O–H groups in total. The Kier molecular flexibility index (Phi) is 40.7. The molecule has 6 heteroatoms. The second kappa shape index (κ2) is 41.8. The number of esters is 1. The Balaban J connectivity index is 4.52. The third kappa shape index (κ3) is 37.3. The molecule has 0 aromatic carbocycles. The number of rotatable bonds is 42. The summed E-state index contributed by atoms with van der Waals surface area (Å²) in [6, 6.07) is -0.698. The van der Waals surface area contributed by atoms with E-state index in [0.29, 0.717) is 19.3 Å². The number of hydrogen-bond acceptors (Lipinski definition) is 5. The van der Waals surface area contributed by atoms with E-state index in [1.165, 1.54) is 141 Å². The molecule has 0 heterocycles. The van der Waals surface area contributed by atoms with Gasteiger partial charge in [-0.15, -0.1) is 0 Å². The van der Waals surface area contributed by atoms with Gasteiger partial charge in [-0.2, -0.15) is 0 Å². The van der Waals surface area contributed by atoms with Crippen molar-refractivity contribution in [3.8, 4) is 0 Å². The summed E-state index contributed by atoms with van der Waals surface area (Å²) in [4.78, 5) is 25.9. The van der Waals surface area contributed by atoms with Crippen molar-refractivity contribution in [1.82, 2.24) is 5.32 Å². The summed E-state index contributed by atoms with van der Waals surface area (Å²) in [7, 11) is 0. The fraction of sp³-hybridized carbons (Fsp3) is 0.915. The highest BCUT2D eigenvalue weighted by Gasteiger charge is 2.24. The first-order valence-electron chi connectivity index (χ1n) is 23.4. The van der Waals surface area contributed by atoms with E-state index in [4.69, 9.17) is 4.74 Å². The lowest BCUT2D eigenvalue weighted by Gasteiger charge is -2.24. The molecule has 53 heavy (non-hydrogen) atoms. The van der Waals surface area contributed by atoms with Crippen LogP contribution in [0, 0.1) is 0 Å². The van der Waals surface area contributed by atoms with Crippen molar-refractivity contribution in [3.63, 3.8) is 0 Å². The van der Waals surface area contributed by atoms with Gasteiger partial charge in [0.1, 0.15) is 6.10 Å². The maximum atomic E-state index is 13.1. The van der Waals surface area contributed by atoms with Crippen molar-refractivity contribution < 1.29 is 24.5 Å². The topological polar surface area (TPSA) is 95.9 Å². The monoisotopic (exact) mass is 750 g/mol. The normalized spacial score (nSPS) is 13.4. The molecular formula is C47H91NO5. The minimum atomic E-state index is -0.784. The van der Waals surface area contributed by atoms with Gasteiger partial charge in [0.05, 0.1) is 25.2 Å². The van der Waals surface area contributed by atoms with Crippen LogP contribution in [0.2, 0.25) is 0 Å². The SMILES string of the molecule is CCCCC/C=C\CCCCCC(CC(=O)NC(CO)C(O)CCCCCCCCCCCCCCC)OC(=O)CCCCCCCCCCCCC. The number of aliphatic hydroxyl groups excluding tert-OH is 2. The number of hydrogen-bond donors (Lipinski definition) is 3. The molecule has 0 saturated heterocycles. The van der Waals surface area contributed by atoms with Gasteiger partial charge in [-0.05, 0) is 51.4 Å². The lowest BCUT2D eigenvalue weighted by molar-refractivity contribution is -0.151. The second-order valence-electron chi connectivity index (χ2n) is 16.2. The number of aliphatic hydroxyl groups is 2. The van der Waals surface area contributed by atoms with Crippen LogP contribution in [0.5, 0.6) is 0 Å². The van der Waals surface area contributed by atoms with Crippen LogP contribution in [0.3, 0.4) is 0 Å².